The minimum Gasteiger partial charge on any atom is -0.459 e. The zero-order valence-corrected chi connectivity index (χ0v) is 13.9. The van der Waals surface area contributed by atoms with Gasteiger partial charge >= 0.3 is 0 Å². The lowest BCUT2D eigenvalue weighted by Crippen LogP contribution is -2.12. The van der Waals surface area contributed by atoms with Gasteiger partial charge in [0.1, 0.15) is 18.1 Å². The van der Waals surface area contributed by atoms with E-state index < -0.39 is 0 Å². The Bertz CT molecular complexity index is 872. The van der Waals surface area contributed by atoms with Crippen LogP contribution in [0.2, 0.25) is 10.0 Å². The number of furan rings is 1. The molecule has 0 aliphatic carbocycles. The number of carbonyl (C=O) groups is 1. The quantitative estimate of drug-likeness (QED) is 0.687. The first-order valence-electron chi connectivity index (χ1n) is 7.13. The average molecular weight is 362 g/mol. The highest BCUT2D eigenvalue weighted by molar-refractivity contribution is 6.36. The van der Waals surface area contributed by atoms with Crippen LogP contribution >= 0.6 is 23.2 Å². The highest BCUT2D eigenvalue weighted by atomic mass is 35.5. The molecule has 0 saturated carbocycles. The summed E-state index contributed by atoms with van der Waals surface area (Å²) in [5.74, 6) is 0.809. The van der Waals surface area contributed by atoms with Crippen LogP contribution in [-0.2, 0) is 6.61 Å². The molecule has 2 N–H and O–H groups in total. The Labute approximate surface area is 148 Å². The molecule has 0 unspecified atom stereocenters. The summed E-state index contributed by atoms with van der Waals surface area (Å²) in [6.45, 7) is -0.144. The van der Waals surface area contributed by atoms with Gasteiger partial charge in [-0.1, -0.05) is 23.2 Å². The first-order valence-corrected chi connectivity index (χ1v) is 7.89. The molecule has 0 aliphatic rings. The van der Waals surface area contributed by atoms with E-state index in [0.717, 1.165) is 5.56 Å². The van der Waals surface area contributed by atoms with Crippen molar-refractivity contribution in [1.29, 1.82) is 0 Å². The Morgan fingerprint density at radius 1 is 1.04 bits per heavy atom. The molecule has 6 heteroatoms. The average Bonchev–Trinajstić information content (AvgIpc) is 3.07. The third kappa shape index (κ3) is 3.62. The van der Waals surface area contributed by atoms with Crippen LogP contribution in [0.1, 0.15) is 16.1 Å². The molecule has 1 aromatic heterocycles. The van der Waals surface area contributed by atoms with Crippen molar-refractivity contribution >= 4 is 34.8 Å². The predicted octanol–water partition coefficient (Wildman–Crippen LogP) is 5.00. The molecule has 0 radical (unpaired) electrons. The number of rotatable bonds is 4. The Balaban J connectivity index is 1.76. The Morgan fingerprint density at radius 2 is 1.79 bits per heavy atom. The smallest absolute Gasteiger partial charge is 0.257 e. The van der Waals surface area contributed by atoms with Gasteiger partial charge in [-0.2, -0.15) is 0 Å². The van der Waals surface area contributed by atoms with E-state index in [-0.39, 0.29) is 12.5 Å². The number of nitrogens with one attached hydrogen (secondary N) is 1. The van der Waals surface area contributed by atoms with Crippen molar-refractivity contribution in [2.75, 3.05) is 5.32 Å². The van der Waals surface area contributed by atoms with E-state index in [9.17, 15) is 4.79 Å². The molecule has 0 spiro atoms. The van der Waals surface area contributed by atoms with Gasteiger partial charge in [-0.3, -0.25) is 4.79 Å². The lowest BCUT2D eigenvalue weighted by Gasteiger charge is -2.08. The number of benzene rings is 2. The molecular formula is C18H13Cl2NO3. The normalized spacial score (nSPS) is 10.6. The van der Waals surface area contributed by atoms with E-state index in [1.54, 1.807) is 36.4 Å². The van der Waals surface area contributed by atoms with Crippen molar-refractivity contribution in [3.05, 3.63) is 76.0 Å². The van der Waals surface area contributed by atoms with Crippen LogP contribution in [0.25, 0.3) is 11.3 Å². The van der Waals surface area contributed by atoms with Gasteiger partial charge < -0.3 is 14.8 Å². The Hall–Kier alpha value is -2.27. The lowest BCUT2D eigenvalue weighted by molar-refractivity contribution is 0.102. The Morgan fingerprint density at radius 3 is 2.46 bits per heavy atom. The van der Waals surface area contributed by atoms with Crippen molar-refractivity contribution in [2.24, 2.45) is 0 Å². The number of hydrogen-bond acceptors (Lipinski definition) is 3. The number of carbonyl (C=O) groups excluding carboxylic acids is 1. The Kier molecular flexibility index (Phi) is 4.90. The van der Waals surface area contributed by atoms with E-state index in [4.69, 9.17) is 32.7 Å². The number of halogens is 2. The third-order valence-corrected chi connectivity index (χ3v) is 3.98. The molecule has 0 fully saturated rings. The van der Waals surface area contributed by atoms with Crippen LogP contribution < -0.4 is 5.32 Å². The first kappa shape index (κ1) is 16.6. The molecule has 0 bridgehead atoms. The molecular weight excluding hydrogens is 349 g/mol. The van der Waals surface area contributed by atoms with Crippen LogP contribution in [0, 0.1) is 0 Å². The topological polar surface area (TPSA) is 62.5 Å². The van der Waals surface area contributed by atoms with E-state index in [0.29, 0.717) is 32.8 Å². The second-order valence-electron chi connectivity index (χ2n) is 5.08. The number of hydrogen-bond donors (Lipinski definition) is 2. The summed E-state index contributed by atoms with van der Waals surface area (Å²) >= 11 is 11.9. The summed E-state index contributed by atoms with van der Waals surface area (Å²) in [6, 6.07) is 15.4. The molecule has 0 atom stereocenters. The lowest BCUT2D eigenvalue weighted by atomic mass is 10.1. The minimum atomic E-state index is -0.337. The number of aliphatic hydroxyl groups excluding tert-OH is 1. The highest BCUT2D eigenvalue weighted by Crippen LogP contribution is 2.25. The summed E-state index contributed by atoms with van der Waals surface area (Å²) in [6.07, 6.45) is 0. The van der Waals surface area contributed by atoms with Gasteiger partial charge in [0.15, 0.2) is 0 Å². The molecule has 24 heavy (non-hydrogen) atoms. The van der Waals surface area contributed by atoms with Crippen LogP contribution in [0.3, 0.4) is 0 Å². The first-order chi connectivity index (χ1) is 11.6. The van der Waals surface area contributed by atoms with Gasteiger partial charge in [0, 0.05) is 16.3 Å². The maximum atomic E-state index is 12.3. The van der Waals surface area contributed by atoms with Crippen LogP contribution in [-0.4, -0.2) is 11.0 Å². The van der Waals surface area contributed by atoms with Crippen molar-refractivity contribution in [1.82, 2.24) is 0 Å². The fourth-order valence-electron chi connectivity index (χ4n) is 2.21. The summed E-state index contributed by atoms with van der Waals surface area (Å²) in [5, 5.41) is 12.6. The molecule has 1 amide bonds. The molecule has 2 aromatic carbocycles. The maximum Gasteiger partial charge on any atom is 0.257 e. The van der Waals surface area contributed by atoms with E-state index in [1.165, 1.54) is 6.07 Å². The third-order valence-electron chi connectivity index (χ3n) is 3.42. The van der Waals surface area contributed by atoms with E-state index in [1.807, 2.05) is 12.1 Å². The fraction of sp³-hybridized carbons (Fsp3) is 0.0556. The standard InChI is InChI=1S/C18H13Cl2NO3/c19-12-3-7-16(20)15(9-12)18(23)21-13-4-1-11(2-5-13)17-8-6-14(10-22)24-17/h1-9,22H,10H2,(H,21,23). The van der Waals surface area contributed by atoms with E-state index >= 15 is 0 Å². The minimum absolute atomic E-state index is 0.144. The SMILES string of the molecule is O=C(Nc1ccc(-c2ccc(CO)o2)cc1)c1cc(Cl)ccc1Cl. The highest BCUT2D eigenvalue weighted by Gasteiger charge is 2.12. The van der Waals surface area contributed by atoms with Crippen LogP contribution in [0.4, 0.5) is 5.69 Å². The van der Waals surface area contributed by atoms with Crippen molar-refractivity contribution < 1.29 is 14.3 Å². The van der Waals surface area contributed by atoms with Gasteiger partial charge in [0.25, 0.3) is 5.91 Å². The van der Waals surface area contributed by atoms with Gasteiger partial charge in [-0.15, -0.1) is 0 Å². The zero-order valence-electron chi connectivity index (χ0n) is 12.4. The molecule has 3 aromatic rings. The predicted molar refractivity (Wildman–Crippen MR) is 94.5 cm³/mol. The summed E-state index contributed by atoms with van der Waals surface area (Å²) in [5.41, 5.74) is 1.77. The van der Waals surface area contributed by atoms with Crippen molar-refractivity contribution in [3.63, 3.8) is 0 Å². The fourth-order valence-corrected chi connectivity index (χ4v) is 2.58. The molecule has 0 saturated heterocycles. The van der Waals surface area contributed by atoms with Gasteiger partial charge in [0.05, 0.1) is 10.6 Å². The summed E-state index contributed by atoms with van der Waals surface area (Å²) < 4.78 is 5.47. The molecule has 3 rings (SSSR count). The summed E-state index contributed by atoms with van der Waals surface area (Å²) in [7, 11) is 0. The second-order valence-corrected chi connectivity index (χ2v) is 5.92. The second kappa shape index (κ2) is 7.09. The van der Waals surface area contributed by atoms with E-state index in [2.05, 4.69) is 5.32 Å². The number of amides is 1. The van der Waals surface area contributed by atoms with Crippen LogP contribution in [0.5, 0.6) is 0 Å². The van der Waals surface area contributed by atoms with Gasteiger partial charge in [-0.25, -0.2) is 0 Å². The van der Waals surface area contributed by atoms with Crippen molar-refractivity contribution in [3.8, 4) is 11.3 Å². The molecule has 122 valence electrons. The monoisotopic (exact) mass is 361 g/mol. The maximum absolute atomic E-state index is 12.3. The zero-order chi connectivity index (χ0) is 17.1. The van der Waals surface area contributed by atoms with Crippen LogP contribution in [0.15, 0.2) is 59.0 Å². The summed E-state index contributed by atoms with van der Waals surface area (Å²) in [4.78, 5) is 12.3. The van der Waals surface area contributed by atoms with Crippen molar-refractivity contribution in [2.45, 2.75) is 6.61 Å². The molecule has 1 heterocycles. The number of anilines is 1. The molecule has 4 nitrogen and oxygen atoms in total. The largest absolute Gasteiger partial charge is 0.459 e. The van der Waals surface area contributed by atoms with Gasteiger partial charge in [0.2, 0.25) is 0 Å². The molecule has 0 aliphatic heterocycles. The number of aliphatic hydroxyl groups is 1. The van der Waals surface area contributed by atoms with Gasteiger partial charge in [-0.05, 0) is 54.6 Å².